The van der Waals surface area contributed by atoms with Crippen molar-refractivity contribution in [1.82, 2.24) is 10.1 Å². The molecule has 0 aromatic heterocycles. The Kier molecular flexibility index (Phi) is 11.4. The predicted octanol–water partition coefficient (Wildman–Crippen LogP) is -12.0. The number of aliphatic hydroxyl groups excluding tert-OH is 2. The summed E-state index contributed by atoms with van der Waals surface area (Å²) in [6.45, 7) is 0. The van der Waals surface area contributed by atoms with E-state index >= 15 is 0 Å². The Morgan fingerprint density at radius 2 is 1.03 bits per heavy atom. The van der Waals surface area contributed by atoms with E-state index in [1.165, 1.54) is 0 Å². The van der Waals surface area contributed by atoms with Gasteiger partial charge in [0, 0.05) is 0 Å². The summed E-state index contributed by atoms with van der Waals surface area (Å²) in [5, 5.41) is 13.4. The van der Waals surface area contributed by atoms with Crippen molar-refractivity contribution in [3.8, 4) is 0 Å². The molecule has 0 spiro atoms. The maximum Gasteiger partial charge on any atom is 1.00 e. The zero-order valence-electron chi connectivity index (χ0n) is 17.0. The molecule has 2 rings (SSSR count). The summed E-state index contributed by atoms with van der Waals surface area (Å²) in [4.78, 5) is 78.2. The van der Waals surface area contributed by atoms with Crippen molar-refractivity contribution in [2.75, 3.05) is 0 Å². The van der Waals surface area contributed by atoms with Gasteiger partial charge in [0.2, 0.25) is 0 Å². The molecule has 0 bridgehead atoms. The van der Waals surface area contributed by atoms with E-state index in [1.807, 2.05) is 0 Å². The Morgan fingerprint density at radius 1 is 0.765 bits per heavy atom. The van der Waals surface area contributed by atoms with Crippen LogP contribution in [0.25, 0.3) is 0 Å². The number of hydrogen-bond donors (Lipinski definition) is 2. The Bertz CT molecular complexity index is 1030. The van der Waals surface area contributed by atoms with Crippen molar-refractivity contribution in [2.24, 2.45) is 0 Å². The van der Waals surface area contributed by atoms with E-state index in [9.17, 15) is 64.9 Å². The van der Waals surface area contributed by atoms with Crippen molar-refractivity contribution >= 4 is 55.8 Å². The number of hydrogen-bond acceptors (Lipinski definition) is 16. The molecular formula is C12H10N2Na2O16S2. The van der Waals surface area contributed by atoms with Crippen LogP contribution in [0.2, 0.25) is 0 Å². The number of rotatable bonds is 7. The maximum atomic E-state index is 11.8. The van der Waals surface area contributed by atoms with Crippen molar-refractivity contribution < 1.29 is 134 Å². The van der Waals surface area contributed by atoms with Crippen LogP contribution in [0.5, 0.6) is 0 Å². The molecule has 0 saturated carbocycles. The first-order valence-corrected chi connectivity index (χ1v) is 10.8. The molecule has 2 saturated heterocycles. The summed E-state index contributed by atoms with van der Waals surface area (Å²) >= 11 is 0. The summed E-state index contributed by atoms with van der Waals surface area (Å²) in [5.41, 5.74) is 0. The minimum atomic E-state index is -5.32. The number of carbonyl (C=O) groups excluding carboxylic acids is 6. The van der Waals surface area contributed by atoms with E-state index in [4.69, 9.17) is 0 Å². The summed E-state index contributed by atoms with van der Waals surface area (Å²) in [5.74, 6) is -10.8. The fourth-order valence-corrected chi connectivity index (χ4v) is 3.73. The molecule has 0 aromatic rings. The van der Waals surface area contributed by atoms with Crippen LogP contribution < -0.4 is 59.1 Å². The van der Waals surface area contributed by atoms with E-state index in [-0.39, 0.29) is 59.1 Å². The summed E-state index contributed by atoms with van der Waals surface area (Å²) in [6.07, 6.45) is -8.31. The van der Waals surface area contributed by atoms with Crippen LogP contribution in [0, 0.1) is 0 Å². The molecule has 0 aromatic carbocycles. The van der Waals surface area contributed by atoms with Crippen LogP contribution in [0.4, 0.5) is 0 Å². The standard InChI is InChI=1S/C12H12N2O16S2.2Na/c15-5-1-3(31(23,24)25)9(19)13(5)29-11(21)7(17)8(18)12(22)30-14-6(16)2-4(10(14)20)32(26,27)28;;/h3-4,7-8,17-18H,1-2H2,(H,23,24,25)(H,26,27,28);;/q;2*+1/p-2. The number of imide groups is 2. The van der Waals surface area contributed by atoms with Gasteiger partial charge >= 0.3 is 71.1 Å². The van der Waals surface area contributed by atoms with Gasteiger partial charge in [-0.25, -0.2) is 26.4 Å². The molecule has 2 aliphatic rings. The summed E-state index contributed by atoms with van der Waals surface area (Å²) < 4.78 is 65.4. The molecule has 0 radical (unpaired) electrons. The quantitative estimate of drug-likeness (QED) is 0.170. The minimum Gasteiger partial charge on any atom is -0.747 e. The van der Waals surface area contributed by atoms with E-state index in [0.717, 1.165) is 0 Å². The second-order valence-corrected chi connectivity index (χ2v) is 9.24. The van der Waals surface area contributed by atoms with Crippen LogP contribution in [-0.2, 0) is 58.7 Å². The third-order valence-electron chi connectivity index (χ3n) is 3.97. The second kappa shape index (κ2) is 11.8. The van der Waals surface area contributed by atoms with E-state index in [2.05, 4.69) is 9.68 Å². The van der Waals surface area contributed by atoms with Crippen LogP contribution in [0.15, 0.2) is 0 Å². The van der Waals surface area contributed by atoms with Gasteiger partial charge in [-0.05, 0) is 0 Å². The molecule has 0 aliphatic carbocycles. The second-order valence-electron chi connectivity index (χ2n) is 6.13. The molecule has 2 heterocycles. The average Bonchev–Trinajstić information content (AvgIpc) is 3.11. The zero-order valence-corrected chi connectivity index (χ0v) is 22.7. The van der Waals surface area contributed by atoms with Crippen LogP contribution >= 0.6 is 0 Å². The van der Waals surface area contributed by atoms with Gasteiger partial charge in [-0.3, -0.25) is 19.2 Å². The Hall–Kier alpha value is -1.04. The van der Waals surface area contributed by atoms with Crippen molar-refractivity contribution in [2.45, 2.75) is 35.5 Å². The predicted molar refractivity (Wildman–Crippen MR) is 84.1 cm³/mol. The molecule has 4 amide bonds. The first-order chi connectivity index (χ1) is 14.5. The van der Waals surface area contributed by atoms with Gasteiger partial charge in [0.05, 0.1) is 12.8 Å². The fraction of sp³-hybridized carbons (Fsp3) is 0.500. The first kappa shape index (κ1) is 33.0. The largest absolute Gasteiger partial charge is 1.00 e. The molecule has 4 atom stereocenters. The van der Waals surface area contributed by atoms with Gasteiger partial charge in [0.25, 0.3) is 23.6 Å². The smallest absolute Gasteiger partial charge is 0.747 e. The molecule has 18 nitrogen and oxygen atoms in total. The summed E-state index contributed by atoms with van der Waals surface area (Å²) in [6, 6.07) is 0. The molecule has 2 N–H and O–H groups in total. The van der Waals surface area contributed by atoms with Crippen LogP contribution in [-0.4, -0.2) is 105 Å². The average molecular weight is 548 g/mol. The maximum absolute atomic E-state index is 11.8. The molecule has 4 unspecified atom stereocenters. The number of hydroxylamine groups is 4. The Balaban J connectivity index is 0.00000544. The van der Waals surface area contributed by atoms with E-state index in [1.54, 1.807) is 0 Å². The molecule has 34 heavy (non-hydrogen) atoms. The summed E-state index contributed by atoms with van der Waals surface area (Å²) in [7, 11) is -10.6. The monoisotopic (exact) mass is 548 g/mol. The van der Waals surface area contributed by atoms with E-state index in [0.29, 0.717) is 0 Å². The Labute approximate surface area is 233 Å². The number of carbonyl (C=O) groups is 6. The fourth-order valence-electron chi connectivity index (χ4n) is 2.35. The van der Waals surface area contributed by atoms with Crippen molar-refractivity contribution in [1.29, 1.82) is 0 Å². The van der Waals surface area contributed by atoms with Crippen molar-refractivity contribution in [3.05, 3.63) is 0 Å². The first-order valence-electron chi connectivity index (χ1n) is 7.89. The van der Waals surface area contributed by atoms with Gasteiger partial charge in [-0.2, -0.15) is 0 Å². The molecule has 2 aliphatic heterocycles. The van der Waals surface area contributed by atoms with Gasteiger partial charge in [-0.15, -0.1) is 10.1 Å². The van der Waals surface area contributed by atoms with Gasteiger partial charge in [0.15, 0.2) is 12.2 Å². The molecule has 22 heteroatoms. The van der Waals surface area contributed by atoms with Crippen LogP contribution in [0.1, 0.15) is 12.8 Å². The van der Waals surface area contributed by atoms with Gasteiger partial charge in [0.1, 0.15) is 30.7 Å². The zero-order chi connectivity index (χ0) is 24.8. The third kappa shape index (κ3) is 7.01. The molecular weight excluding hydrogens is 538 g/mol. The normalized spacial score (nSPS) is 22.6. The van der Waals surface area contributed by atoms with Crippen LogP contribution in [0.3, 0.4) is 0 Å². The minimum absolute atomic E-state index is 0. The number of amides is 4. The van der Waals surface area contributed by atoms with Crippen molar-refractivity contribution in [3.63, 3.8) is 0 Å². The van der Waals surface area contributed by atoms with Gasteiger partial charge in [-0.1, -0.05) is 0 Å². The van der Waals surface area contributed by atoms with Gasteiger partial charge < -0.3 is 29.0 Å². The Morgan fingerprint density at radius 3 is 1.24 bits per heavy atom. The SMILES string of the molecule is O=C(ON1C(=O)CC(S(=O)(=O)[O-])C1=O)C(O)C(O)C(=O)ON1C(=O)CC(S(=O)(=O)[O-])C1=O.[Na+].[Na+]. The molecule has 178 valence electrons. The topological polar surface area (TPSA) is 282 Å². The van der Waals surface area contributed by atoms with E-state index < -0.39 is 101 Å². The number of aliphatic hydroxyl groups is 2. The number of nitrogens with zero attached hydrogens (tertiary/aromatic N) is 2. The third-order valence-corrected chi connectivity index (χ3v) is 6.10. The molecule has 2 fully saturated rings.